The van der Waals surface area contributed by atoms with Crippen LogP contribution in [0.5, 0.6) is 0 Å². The summed E-state index contributed by atoms with van der Waals surface area (Å²) in [5, 5.41) is 11.7. The molecular weight excluding hydrogens is 406 g/mol. The molecule has 1 aliphatic heterocycles. The molecule has 0 radical (unpaired) electrons. The summed E-state index contributed by atoms with van der Waals surface area (Å²) < 4.78 is 5.72. The predicted molar refractivity (Wildman–Crippen MR) is 118 cm³/mol. The first-order valence-corrected chi connectivity index (χ1v) is 12.0. The maximum absolute atomic E-state index is 13.3. The Kier molecular flexibility index (Phi) is 5.55. The number of aromatic amines is 1. The standard InChI is InChI=1S/C24H33N5O3/c1-28(2)23(31)24(14-17-13-20(27-32-17)16-7-4-3-5-8-16)11-12-29(15-24)22(30)21-18-9-6-10-19(18)25-26-21/h13,16H,3-12,14-15H2,1-2H3,(H,25,26)/t24-/m1/s1. The third-order valence-corrected chi connectivity index (χ3v) is 7.62. The molecule has 1 saturated carbocycles. The van der Waals surface area contributed by atoms with E-state index >= 15 is 0 Å². The molecule has 1 N–H and O–H groups in total. The molecule has 2 aromatic heterocycles. The number of H-pyrrole nitrogens is 1. The van der Waals surface area contributed by atoms with E-state index in [0.29, 0.717) is 37.5 Å². The summed E-state index contributed by atoms with van der Waals surface area (Å²) in [6, 6.07) is 2.05. The van der Waals surface area contributed by atoms with Gasteiger partial charge in [-0.25, -0.2) is 0 Å². The van der Waals surface area contributed by atoms with Gasteiger partial charge in [0.25, 0.3) is 5.91 Å². The topological polar surface area (TPSA) is 95.3 Å². The van der Waals surface area contributed by atoms with E-state index in [4.69, 9.17) is 4.52 Å². The fourth-order valence-corrected chi connectivity index (χ4v) is 5.90. The van der Waals surface area contributed by atoms with Crippen molar-refractivity contribution in [1.82, 2.24) is 25.2 Å². The van der Waals surface area contributed by atoms with Gasteiger partial charge in [-0.2, -0.15) is 5.10 Å². The minimum absolute atomic E-state index is 0.0377. The molecule has 0 unspecified atom stereocenters. The van der Waals surface area contributed by atoms with Gasteiger partial charge >= 0.3 is 0 Å². The van der Waals surface area contributed by atoms with Crippen LogP contribution in [0, 0.1) is 5.41 Å². The second kappa shape index (κ2) is 8.37. The Labute approximate surface area is 188 Å². The lowest BCUT2D eigenvalue weighted by Crippen LogP contribution is -2.44. The van der Waals surface area contributed by atoms with Gasteiger partial charge in [0.2, 0.25) is 5.91 Å². The number of likely N-dealkylation sites (tertiary alicyclic amines) is 1. The number of hydrogen-bond donors (Lipinski definition) is 1. The molecule has 2 aliphatic carbocycles. The molecule has 1 saturated heterocycles. The molecule has 5 rings (SSSR count). The smallest absolute Gasteiger partial charge is 0.274 e. The molecule has 0 bridgehead atoms. The highest BCUT2D eigenvalue weighted by atomic mass is 16.5. The Bertz CT molecular complexity index is 1000. The minimum atomic E-state index is -0.692. The van der Waals surface area contributed by atoms with Crippen LogP contribution in [0.15, 0.2) is 10.6 Å². The third kappa shape index (κ3) is 3.73. The molecule has 3 heterocycles. The number of nitrogens with zero attached hydrogens (tertiary/aromatic N) is 4. The summed E-state index contributed by atoms with van der Waals surface area (Å²) in [7, 11) is 3.56. The average Bonchev–Trinajstić information content (AvgIpc) is 3.58. The third-order valence-electron chi connectivity index (χ3n) is 7.62. The summed E-state index contributed by atoms with van der Waals surface area (Å²) in [5.74, 6) is 1.18. The molecule has 2 aromatic rings. The first-order valence-electron chi connectivity index (χ1n) is 12.0. The van der Waals surface area contributed by atoms with Crippen LogP contribution in [0.2, 0.25) is 0 Å². The maximum atomic E-state index is 13.3. The van der Waals surface area contributed by atoms with Gasteiger partial charge < -0.3 is 14.3 Å². The molecule has 32 heavy (non-hydrogen) atoms. The SMILES string of the molecule is CN(C)C(=O)[C@@]1(Cc2cc(C3CCCCC3)no2)CCN(C(=O)c2n[nH]c3c2CCC3)C1. The first-order chi connectivity index (χ1) is 15.5. The average molecular weight is 440 g/mol. The Morgan fingerprint density at radius 1 is 1.22 bits per heavy atom. The lowest BCUT2D eigenvalue weighted by Gasteiger charge is -2.30. The monoisotopic (exact) mass is 439 g/mol. The fraction of sp³-hybridized carbons (Fsp3) is 0.667. The van der Waals surface area contributed by atoms with Crippen LogP contribution in [-0.2, 0) is 24.1 Å². The first kappa shape index (κ1) is 21.2. The number of aromatic nitrogens is 3. The zero-order chi connectivity index (χ0) is 22.3. The van der Waals surface area contributed by atoms with Crippen LogP contribution in [0.25, 0.3) is 0 Å². The quantitative estimate of drug-likeness (QED) is 0.772. The van der Waals surface area contributed by atoms with Crippen LogP contribution in [0.4, 0.5) is 0 Å². The van der Waals surface area contributed by atoms with Crippen molar-refractivity contribution in [1.29, 1.82) is 0 Å². The molecular formula is C24H33N5O3. The van der Waals surface area contributed by atoms with Crippen molar-refractivity contribution in [3.05, 3.63) is 34.5 Å². The van der Waals surface area contributed by atoms with E-state index in [1.807, 2.05) is 6.07 Å². The van der Waals surface area contributed by atoms with E-state index in [9.17, 15) is 9.59 Å². The zero-order valence-electron chi connectivity index (χ0n) is 19.2. The number of carbonyl (C=O) groups excluding carboxylic acids is 2. The van der Waals surface area contributed by atoms with E-state index in [2.05, 4.69) is 15.4 Å². The van der Waals surface area contributed by atoms with Crippen molar-refractivity contribution in [3.63, 3.8) is 0 Å². The Hall–Kier alpha value is -2.64. The lowest BCUT2D eigenvalue weighted by molar-refractivity contribution is -0.139. The Balaban J connectivity index is 1.35. The normalized spacial score (nSPS) is 23.5. The van der Waals surface area contributed by atoms with Gasteiger partial charge in [0.15, 0.2) is 5.69 Å². The van der Waals surface area contributed by atoms with Gasteiger partial charge in [-0.15, -0.1) is 0 Å². The number of amides is 2. The summed E-state index contributed by atoms with van der Waals surface area (Å²) in [4.78, 5) is 30.1. The number of nitrogens with one attached hydrogen (secondary N) is 1. The predicted octanol–water partition coefficient (Wildman–Crippen LogP) is 3.10. The highest BCUT2D eigenvalue weighted by molar-refractivity contribution is 5.95. The number of hydrogen-bond acceptors (Lipinski definition) is 5. The van der Waals surface area contributed by atoms with E-state index in [1.165, 1.54) is 19.3 Å². The van der Waals surface area contributed by atoms with Crippen molar-refractivity contribution in [2.24, 2.45) is 5.41 Å². The largest absolute Gasteiger partial charge is 0.361 e. The van der Waals surface area contributed by atoms with Crippen molar-refractivity contribution in [2.75, 3.05) is 27.2 Å². The molecule has 3 aliphatic rings. The number of carbonyl (C=O) groups is 2. The molecule has 1 atom stereocenters. The fourth-order valence-electron chi connectivity index (χ4n) is 5.90. The molecule has 172 valence electrons. The van der Waals surface area contributed by atoms with E-state index in [1.54, 1.807) is 23.9 Å². The molecule has 8 nitrogen and oxygen atoms in total. The van der Waals surface area contributed by atoms with Crippen molar-refractivity contribution >= 4 is 11.8 Å². The van der Waals surface area contributed by atoms with Gasteiger partial charge in [0.05, 0.1) is 11.1 Å². The van der Waals surface area contributed by atoms with E-state index in [-0.39, 0.29) is 11.8 Å². The molecule has 8 heteroatoms. The van der Waals surface area contributed by atoms with Gasteiger partial charge in [-0.05, 0) is 38.5 Å². The summed E-state index contributed by atoms with van der Waals surface area (Å²) in [5.41, 5.74) is 3.00. The summed E-state index contributed by atoms with van der Waals surface area (Å²) in [6.07, 6.45) is 10.1. The molecule has 0 spiro atoms. The van der Waals surface area contributed by atoms with Crippen LogP contribution in [-0.4, -0.2) is 64.2 Å². The minimum Gasteiger partial charge on any atom is -0.361 e. The summed E-state index contributed by atoms with van der Waals surface area (Å²) >= 11 is 0. The van der Waals surface area contributed by atoms with Gasteiger partial charge in [0.1, 0.15) is 5.76 Å². The second-order valence-corrected chi connectivity index (χ2v) is 10.1. The van der Waals surface area contributed by atoms with Gasteiger partial charge in [0, 0.05) is 56.8 Å². The van der Waals surface area contributed by atoms with Gasteiger partial charge in [-0.1, -0.05) is 24.4 Å². The number of fused-ring (bicyclic) bond motifs is 1. The van der Waals surface area contributed by atoms with Crippen LogP contribution in [0.3, 0.4) is 0 Å². The Morgan fingerprint density at radius 3 is 2.81 bits per heavy atom. The number of rotatable bonds is 5. The van der Waals surface area contributed by atoms with Gasteiger partial charge in [-0.3, -0.25) is 14.7 Å². The molecule has 0 aromatic carbocycles. The lowest BCUT2D eigenvalue weighted by atomic mass is 9.80. The zero-order valence-corrected chi connectivity index (χ0v) is 19.2. The van der Waals surface area contributed by atoms with E-state index in [0.717, 1.165) is 54.8 Å². The highest BCUT2D eigenvalue weighted by Crippen LogP contribution is 2.39. The molecule has 2 fully saturated rings. The van der Waals surface area contributed by atoms with Crippen molar-refractivity contribution in [2.45, 2.75) is 70.1 Å². The maximum Gasteiger partial charge on any atom is 0.274 e. The summed E-state index contributed by atoms with van der Waals surface area (Å²) in [6.45, 7) is 0.924. The molecule has 2 amide bonds. The van der Waals surface area contributed by atoms with Crippen LogP contribution >= 0.6 is 0 Å². The Morgan fingerprint density at radius 2 is 2.03 bits per heavy atom. The second-order valence-electron chi connectivity index (χ2n) is 10.1. The van der Waals surface area contributed by atoms with Crippen LogP contribution in [0.1, 0.15) is 84.1 Å². The van der Waals surface area contributed by atoms with Crippen molar-refractivity contribution < 1.29 is 14.1 Å². The van der Waals surface area contributed by atoms with Crippen LogP contribution < -0.4 is 0 Å². The highest BCUT2D eigenvalue weighted by Gasteiger charge is 2.48. The van der Waals surface area contributed by atoms with E-state index < -0.39 is 5.41 Å². The van der Waals surface area contributed by atoms with Crippen molar-refractivity contribution in [3.8, 4) is 0 Å². The number of aryl methyl sites for hydroxylation is 1.